The van der Waals surface area contributed by atoms with E-state index in [9.17, 15) is 9.59 Å². The normalized spacial score (nSPS) is 12.4. The predicted molar refractivity (Wildman–Crippen MR) is 64.6 cm³/mol. The lowest BCUT2D eigenvalue weighted by molar-refractivity contribution is -0.147. The Bertz CT molecular complexity index is 274. The maximum atomic E-state index is 10.8. The SMILES string of the molecule is CC(=O)OCC(C)(C)N(C)C(C)(C)COC=O. The number of carbonyl (C=O) groups excluding carboxylic acids is 2. The minimum absolute atomic E-state index is 0.288. The van der Waals surface area contributed by atoms with E-state index in [0.29, 0.717) is 13.1 Å². The third kappa shape index (κ3) is 5.17. The molecule has 0 amide bonds. The third-order valence-electron chi connectivity index (χ3n) is 2.95. The molecule has 5 nitrogen and oxygen atoms in total. The summed E-state index contributed by atoms with van der Waals surface area (Å²) in [5.41, 5.74) is -0.661. The summed E-state index contributed by atoms with van der Waals surface area (Å²) >= 11 is 0. The minimum Gasteiger partial charge on any atom is -0.466 e. The average Bonchev–Trinajstić information content (AvgIpc) is 2.22. The topological polar surface area (TPSA) is 55.8 Å². The molecule has 0 spiro atoms. The Balaban J connectivity index is 4.57. The van der Waals surface area contributed by atoms with Crippen molar-refractivity contribution in [1.82, 2.24) is 4.90 Å². The first kappa shape index (κ1) is 15.9. The van der Waals surface area contributed by atoms with Crippen molar-refractivity contribution in [3.63, 3.8) is 0 Å². The van der Waals surface area contributed by atoms with Crippen LogP contribution < -0.4 is 0 Å². The van der Waals surface area contributed by atoms with Crippen LogP contribution in [0.5, 0.6) is 0 Å². The smallest absolute Gasteiger partial charge is 0.302 e. The molecule has 0 unspecified atom stereocenters. The molecule has 100 valence electrons. The lowest BCUT2D eigenvalue weighted by Crippen LogP contribution is -2.57. The largest absolute Gasteiger partial charge is 0.466 e. The van der Waals surface area contributed by atoms with Gasteiger partial charge in [0.15, 0.2) is 0 Å². The first-order valence-corrected chi connectivity index (χ1v) is 5.56. The molecule has 0 aromatic heterocycles. The second-order valence-electron chi connectivity index (χ2n) is 5.37. The lowest BCUT2D eigenvalue weighted by Gasteiger charge is -2.45. The number of carbonyl (C=O) groups is 2. The molecule has 0 atom stereocenters. The molecule has 0 radical (unpaired) electrons. The maximum absolute atomic E-state index is 10.8. The molecule has 0 fully saturated rings. The van der Waals surface area contributed by atoms with Crippen LogP contribution in [0.25, 0.3) is 0 Å². The fourth-order valence-corrected chi connectivity index (χ4v) is 1.53. The van der Waals surface area contributed by atoms with Gasteiger partial charge < -0.3 is 9.47 Å². The van der Waals surface area contributed by atoms with Gasteiger partial charge >= 0.3 is 5.97 Å². The summed E-state index contributed by atoms with van der Waals surface area (Å²) in [6.45, 7) is 10.3. The van der Waals surface area contributed by atoms with Crippen LogP contribution in [-0.4, -0.2) is 48.7 Å². The van der Waals surface area contributed by atoms with Gasteiger partial charge in [0.1, 0.15) is 13.2 Å². The number of rotatable bonds is 7. The van der Waals surface area contributed by atoms with Gasteiger partial charge in [-0.25, -0.2) is 0 Å². The van der Waals surface area contributed by atoms with E-state index in [4.69, 9.17) is 9.47 Å². The Morgan fingerprint density at radius 3 is 2.06 bits per heavy atom. The molecule has 0 bridgehead atoms. The van der Waals surface area contributed by atoms with Gasteiger partial charge in [0.25, 0.3) is 6.47 Å². The van der Waals surface area contributed by atoms with Gasteiger partial charge in [-0.05, 0) is 34.7 Å². The number of nitrogens with zero attached hydrogens (tertiary/aromatic N) is 1. The van der Waals surface area contributed by atoms with E-state index in [2.05, 4.69) is 0 Å². The highest BCUT2D eigenvalue weighted by molar-refractivity contribution is 5.65. The summed E-state index contributed by atoms with van der Waals surface area (Å²) in [6, 6.07) is 0. The maximum Gasteiger partial charge on any atom is 0.302 e. The summed E-state index contributed by atoms with van der Waals surface area (Å²) in [6.07, 6.45) is 0. The Labute approximate surface area is 103 Å². The summed E-state index contributed by atoms with van der Waals surface area (Å²) in [5.74, 6) is -0.298. The molecule has 0 aliphatic rings. The van der Waals surface area contributed by atoms with Crippen LogP contribution in [0.2, 0.25) is 0 Å². The van der Waals surface area contributed by atoms with E-state index >= 15 is 0 Å². The van der Waals surface area contributed by atoms with Crippen molar-refractivity contribution in [2.24, 2.45) is 0 Å². The van der Waals surface area contributed by atoms with Crippen molar-refractivity contribution < 1.29 is 19.1 Å². The van der Waals surface area contributed by atoms with Crippen LogP contribution in [0.3, 0.4) is 0 Å². The van der Waals surface area contributed by atoms with Gasteiger partial charge in [-0.3, -0.25) is 14.5 Å². The molecule has 0 N–H and O–H groups in total. The highest BCUT2D eigenvalue weighted by Crippen LogP contribution is 2.23. The highest BCUT2D eigenvalue weighted by atomic mass is 16.5. The number of ether oxygens (including phenoxy) is 2. The predicted octanol–water partition coefficient (Wildman–Crippen LogP) is 1.21. The van der Waals surface area contributed by atoms with Gasteiger partial charge in [0.05, 0.1) is 0 Å². The van der Waals surface area contributed by atoms with Gasteiger partial charge in [0, 0.05) is 18.0 Å². The molecular weight excluding hydrogens is 222 g/mol. The lowest BCUT2D eigenvalue weighted by atomic mass is 9.95. The molecule has 0 heterocycles. The van der Waals surface area contributed by atoms with Crippen LogP contribution >= 0.6 is 0 Å². The second kappa shape index (κ2) is 6.00. The Morgan fingerprint density at radius 1 is 1.18 bits per heavy atom. The number of hydrogen-bond acceptors (Lipinski definition) is 5. The molecule has 5 heteroatoms. The molecular formula is C12H23NO4. The van der Waals surface area contributed by atoms with E-state index in [1.807, 2.05) is 39.6 Å². The first-order valence-electron chi connectivity index (χ1n) is 5.56. The van der Waals surface area contributed by atoms with Crippen molar-refractivity contribution in [2.45, 2.75) is 45.7 Å². The quantitative estimate of drug-likeness (QED) is 0.498. The van der Waals surface area contributed by atoms with Crippen LogP contribution in [0.4, 0.5) is 0 Å². The van der Waals surface area contributed by atoms with Crippen molar-refractivity contribution in [3.05, 3.63) is 0 Å². The zero-order valence-corrected chi connectivity index (χ0v) is 11.6. The van der Waals surface area contributed by atoms with Gasteiger partial charge in [-0.15, -0.1) is 0 Å². The second-order valence-corrected chi connectivity index (χ2v) is 5.37. The average molecular weight is 245 g/mol. The number of likely N-dealkylation sites (N-methyl/N-ethyl adjacent to an activating group) is 1. The monoisotopic (exact) mass is 245 g/mol. The Morgan fingerprint density at radius 2 is 1.65 bits per heavy atom. The molecule has 0 saturated carbocycles. The highest BCUT2D eigenvalue weighted by Gasteiger charge is 2.36. The van der Waals surface area contributed by atoms with E-state index in [1.54, 1.807) is 0 Å². The van der Waals surface area contributed by atoms with Gasteiger partial charge in [0.2, 0.25) is 0 Å². The van der Waals surface area contributed by atoms with Crippen LogP contribution in [0.1, 0.15) is 34.6 Å². The summed E-state index contributed by atoms with van der Waals surface area (Å²) in [5, 5.41) is 0. The van der Waals surface area contributed by atoms with Gasteiger partial charge in [-0.1, -0.05) is 0 Å². The van der Waals surface area contributed by atoms with Crippen LogP contribution in [0.15, 0.2) is 0 Å². The van der Waals surface area contributed by atoms with E-state index in [0.717, 1.165) is 0 Å². The standard InChI is InChI=1S/C12H23NO4/c1-10(15)17-8-12(4,5)13(6)11(2,3)7-16-9-14/h9H,7-8H2,1-6H3. The zero-order chi connectivity index (χ0) is 13.7. The first-order chi connectivity index (χ1) is 7.63. The molecule has 0 aliphatic heterocycles. The fraction of sp³-hybridized carbons (Fsp3) is 0.833. The fourth-order valence-electron chi connectivity index (χ4n) is 1.53. The van der Waals surface area contributed by atoms with Crippen molar-refractivity contribution in [2.75, 3.05) is 20.3 Å². The Kier molecular flexibility index (Phi) is 5.61. The van der Waals surface area contributed by atoms with Crippen LogP contribution in [-0.2, 0) is 19.1 Å². The van der Waals surface area contributed by atoms with Crippen molar-refractivity contribution in [1.29, 1.82) is 0 Å². The van der Waals surface area contributed by atoms with Crippen molar-refractivity contribution in [3.8, 4) is 0 Å². The molecule has 0 aromatic carbocycles. The summed E-state index contributed by atoms with van der Waals surface area (Å²) in [7, 11) is 1.91. The van der Waals surface area contributed by atoms with Gasteiger partial charge in [-0.2, -0.15) is 0 Å². The zero-order valence-electron chi connectivity index (χ0n) is 11.6. The molecule has 0 rings (SSSR count). The summed E-state index contributed by atoms with van der Waals surface area (Å²) < 4.78 is 9.85. The molecule has 0 aromatic rings. The van der Waals surface area contributed by atoms with Crippen LogP contribution in [0, 0.1) is 0 Å². The number of hydrogen-bond donors (Lipinski definition) is 0. The van der Waals surface area contributed by atoms with Crippen molar-refractivity contribution >= 4 is 12.4 Å². The molecule has 0 aliphatic carbocycles. The van der Waals surface area contributed by atoms with E-state index in [-0.39, 0.29) is 23.7 Å². The Hall–Kier alpha value is -1.10. The summed E-state index contributed by atoms with van der Waals surface area (Å²) in [4.78, 5) is 23.1. The molecule has 17 heavy (non-hydrogen) atoms. The minimum atomic E-state index is -0.332. The molecule has 0 saturated heterocycles. The number of esters is 1. The third-order valence-corrected chi connectivity index (χ3v) is 2.95. The van der Waals surface area contributed by atoms with E-state index < -0.39 is 0 Å². The van der Waals surface area contributed by atoms with E-state index in [1.165, 1.54) is 6.92 Å².